The summed E-state index contributed by atoms with van der Waals surface area (Å²) in [5, 5.41) is 0. The Bertz CT molecular complexity index is 2620. The van der Waals surface area contributed by atoms with E-state index in [1.54, 1.807) is 0 Å². The highest BCUT2D eigenvalue weighted by Gasteiger charge is 2.14. The molecule has 0 radical (unpaired) electrons. The van der Waals surface area contributed by atoms with Gasteiger partial charge in [-0.05, 0) is 86.0 Å². The molecule has 0 bridgehead atoms. The Balaban J connectivity index is 1.13. The predicted octanol–water partition coefficient (Wildman–Crippen LogP) is 13.2. The van der Waals surface area contributed by atoms with Gasteiger partial charge in [-0.3, -0.25) is 0 Å². The first-order valence-electron chi connectivity index (χ1n) is 18.2. The lowest BCUT2D eigenvalue weighted by Crippen LogP contribution is -2.00. The third-order valence-electron chi connectivity index (χ3n) is 9.71. The van der Waals surface area contributed by atoms with E-state index in [0.29, 0.717) is 17.5 Å². The summed E-state index contributed by atoms with van der Waals surface area (Å²) >= 11 is 0. The van der Waals surface area contributed by atoms with Gasteiger partial charge in [-0.2, -0.15) is 0 Å². The lowest BCUT2D eigenvalue weighted by atomic mass is 9.91. The molecule has 0 saturated heterocycles. The molecule has 0 unspecified atom stereocenters. The van der Waals surface area contributed by atoms with Gasteiger partial charge in [0.2, 0.25) is 0 Å². The number of hydrogen-bond donors (Lipinski definition) is 0. The molecule has 0 saturated carbocycles. The minimum atomic E-state index is 0.634. The van der Waals surface area contributed by atoms with Crippen molar-refractivity contribution in [3.8, 4) is 89.8 Å². The van der Waals surface area contributed by atoms with E-state index in [2.05, 4.69) is 152 Å². The number of nitrogens with zero attached hydrogens (tertiary/aromatic N) is 3. The van der Waals surface area contributed by atoms with E-state index < -0.39 is 0 Å². The van der Waals surface area contributed by atoms with Crippen molar-refractivity contribution < 1.29 is 0 Å². The van der Waals surface area contributed by atoms with Crippen LogP contribution in [0.1, 0.15) is 0 Å². The molecule has 0 fully saturated rings. The lowest BCUT2D eigenvalue weighted by molar-refractivity contribution is 1.07. The monoisotopic (exact) mass is 689 g/mol. The second kappa shape index (κ2) is 14.8. The maximum atomic E-state index is 5.00. The van der Waals surface area contributed by atoms with Gasteiger partial charge in [-0.25, -0.2) is 15.0 Å². The number of benzene rings is 8. The van der Waals surface area contributed by atoms with E-state index in [1.165, 1.54) is 27.8 Å². The molecule has 0 atom stereocenters. The second-order valence-electron chi connectivity index (χ2n) is 13.3. The van der Waals surface area contributed by atoms with Crippen molar-refractivity contribution in [3.63, 3.8) is 0 Å². The highest BCUT2D eigenvalue weighted by molar-refractivity contribution is 5.84. The first kappa shape index (κ1) is 32.7. The molecule has 0 aliphatic carbocycles. The molecule has 54 heavy (non-hydrogen) atoms. The summed E-state index contributed by atoms with van der Waals surface area (Å²) in [5.41, 5.74) is 14.5. The van der Waals surface area contributed by atoms with E-state index in [4.69, 9.17) is 15.0 Å². The summed E-state index contributed by atoms with van der Waals surface area (Å²) in [7, 11) is 0. The zero-order chi connectivity index (χ0) is 36.1. The highest BCUT2D eigenvalue weighted by atomic mass is 15.0. The minimum absolute atomic E-state index is 0.634. The average Bonchev–Trinajstić information content (AvgIpc) is 3.27. The van der Waals surface area contributed by atoms with Gasteiger partial charge in [-0.1, -0.05) is 182 Å². The summed E-state index contributed by atoms with van der Waals surface area (Å²) in [6.07, 6.45) is 0. The smallest absolute Gasteiger partial charge is 0.164 e. The average molecular weight is 690 g/mol. The topological polar surface area (TPSA) is 38.7 Å². The van der Waals surface area contributed by atoms with Crippen LogP contribution in [0.2, 0.25) is 0 Å². The van der Waals surface area contributed by atoms with Crippen molar-refractivity contribution >= 4 is 0 Å². The molecule has 9 rings (SSSR count). The predicted molar refractivity (Wildman–Crippen MR) is 223 cm³/mol. The van der Waals surface area contributed by atoms with E-state index in [1.807, 2.05) is 60.7 Å². The lowest BCUT2D eigenvalue weighted by Gasteiger charge is -2.13. The Kier molecular flexibility index (Phi) is 8.94. The molecule has 3 nitrogen and oxygen atoms in total. The third kappa shape index (κ3) is 6.99. The van der Waals surface area contributed by atoms with Crippen molar-refractivity contribution in [3.05, 3.63) is 212 Å². The van der Waals surface area contributed by atoms with Crippen LogP contribution in [0.25, 0.3) is 89.8 Å². The van der Waals surface area contributed by atoms with Crippen molar-refractivity contribution in [2.24, 2.45) is 0 Å². The molecule has 3 heteroatoms. The summed E-state index contributed by atoms with van der Waals surface area (Å²) in [4.78, 5) is 14.9. The quantitative estimate of drug-likeness (QED) is 0.159. The Hall–Kier alpha value is -7.23. The summed E-state index contributed by atoms with van der Waals surface area (Å²) in [5.74, 6) is 1.93. The van der Waals surface area contributed by atoms with E-state index in [-0.39, 0.29) is 0 Å². The molecular formula is C51H35N3. The van der Waals surface area contributed by atoms with Gasteiger partial charge in [0, 0.05) is 16.7 Å². The van der Waals surface area contributed by atoms with E-state index >= 15 is 0 Å². The van der Waals surface area contributed by atoms with Gasteiger partial charge in [0.05, 0.1) is 0 Å². The molecule has 0 amide bonds. The van der Waals surface area contributed by atoms with Crippen LogP contribution in [0.5, 0.6) is 0 Å². The van der Waals surface area contributed by atoms with Crippen LogP contribution in [-0.2, 0) is 0 Å². The van der Waals surface area contributed by atoms with Crippen LogP contribution in [0, 0.1) is 0 Å². The van der Waals surface area contributed by atoms with E-state index in [9.17, 15) is 0 Å². The zero-order valence-corrected chi connectivity index (χ0v) is 29.5. The summed E-state index contributed by atoms with van der Waals surface area (Å²) in [6, 6.07) is 74.4. The van der Waals surface area contributed by atoms with Crippen LogP contribution in [-0.4, -0.2) is 15.0 Å². The Morgan fingerprint density at radius 3 is 0.852 bits per heavy atom. The molecule has 0 N–H and O–H groups in total. The van der Waals surface area contributed by atoms with Crippen molar-refractivity contribution in [2.45, 2.75) is 0 Å². The summed E-state index contributed by atoms with van der Waals surface area (Å²) < 4.78 is 0. The number of rotatable bonds is 8. The Morgan fingerprint density at radius 2 is 0.407 bits per heavy atom. The number of aromatic nitrogens is 3. The molecule has 1 heterocycles. The van der Waals surface area contributed by atoms with Crippen LogP contribution in [0.15, 0.2) is 212 Å². The number of hydrogen-bond acceptors (Lipinski definition) is 3. The standard InChI is InChI=1S/C51H35N3/c1-5-15-36(16-6-1)38-27-29-39(30-28-38)42-23-13-24-43(31-42)47-33-46(37-17-7-2-8-18-37)34-48(35-47)44-25-14-26-45(32-44)51-53-49(40-19-9-3-10-20-40)52-50(54-51)41-21-11-4-12-22-41/h1-35H. The SMILES string of the molecule is c1ccc(-c2ccc(-c3cccc(-c4cc(-c5ccccc5)cc(-c5cccc(-c6nc(-c7ccccc7)nc(-c7ccccc7)n6)c5)c4)c3)cc2)cc1. The highest BCUT2D eigenvalue weighted by Crippen LogP contribution is 2.36. The minimum Gasteiger partial charge on any atom is -0.208 e. The second-order valence-corrected chi connectivity index (χ2v) is 13.3. The van der Waals surface area contributed by atoms with Gasteiger partial charge < -0.3 is 0 Å². The van der Waals surface area contributed by atoms with Crippen molar-refractivity contribution in [2.75, 3.05) is 0 Å². The molecular weight excluding hydrogens is 655 g/mol. The molecule has 9 aromatic rings. The van der Waals surface area contributed by atoms with Crippen LogP contribution < -0.4 is 0 Å². The van der Waals surface area contributed by atoms with E-state index in [0.717, 1.165) is 44.5 Å². The van der Waals surface area contributed by atoms with Gasteiger partial charge in [-0.15, -0.1) is 0 Å². The fraction of sp³-hybridized carbons (Fsp3) is 0. The maximum absolute atomic E-state index is 5.00. The van der Waals surface area contributed by atoms with Gasteiger partial charge in [0.15, 0.2) is 17.5 Å². The maximum Gasteiger partial charge on any atom is 0.164 e. The normalized spacial score (nSPS) is 11.0. The third-order valence-corrected chi connectivity index (χ3v) is 9.71. The summed E-state index contributed by atoms with van der Waals surface area (Å²) in [6.45, 7) is 0. The fourth-order valence-corrected chi connectivity index (χ4v) is 6.90. The van der Waals surface area contributed by atoms with Gasteiger partial charge in [0.1, 0.15) is 0 Å². The molecule has 0 spiro atoms. The fourth-order valence-electron chi connectivity index (χ4n) is 6.90. The van der Waals surface area contributed by atoms with Crippen LogP contribution in [0.3, 0.4) is 0 Å². The van der Waals surface area contributed by atoms with Crippen LogP contribution >= 0.6 is 0 Å². The zero-order valence-electron chi connectivity index (χ0n) is 29.5. The van der Waals surface area contributed by atoms with Crippen molar-refractivity contribution in [1.29, 1.82) is 0 Å². The molecule has 1 aromatic heterocycles. The molecule has 0 aliphatic rings. The Morgan fingerprint density at radius 1 is 0.167 bits per heavy atom. The first-order valence-corrected chi connectivity index (χ1v) is 18.2. The van der Waals surface area contributed by atoms with Gasteiger partial charge >= 0.3 is 0 Å². The molecule has 8 aromatic carbocycles. The van der Waals surface area contributed by atoms with Crippen LogP contribution in [0.4, 0.5) is 0 Å². The van der Waals surface area contributed by atoms with Gasteiger partial charge in [0.25, 0.3) is 0 Å². The molecule has 0 aliphatic heterocycles. The largest absolute Gasteiger partial charge is 0.208 e. The Labute approximate surface area is 316 Å². The van der Waals surface area contributed by atoms with Crippen molar-refractivity contribution in [1.82, 2.24) is 15.0 Å². The first-order chi connectivity index (χ1) is 26.7. The molecule has 254 valence electrons.